The molecule has 0 bridgehead atoms. The zero-order chi connectivity index (χ0) is 17.3. The van der Waals surface area contributed by atoms with Gasteiger partial charge in [-0.25, -0.2) is 4.39 Å². The third-order valence-corrected chi connectivity index (χ3v) is 4.63. The first-order valence-electron chi connectivity index (χ1n) is 8.21. The number of carbonyl (C=O) groups excluding carboxylic acids is 1. The molecule has 1 aliphatic rings. The van der Waals surface area contributed by atoms with Crippen LogP contribution in [0.1, 0.15) is 24.0 Å². The van der Waals surface area contributed by atoms with Crippen molar-refractivity contribution >= 4 is 5.91 Å². The van der Waals surface area contributed by atoms with E-state index in [1.807, 2.05) is 24.3 Å². The maximum Gasteiger partial charge on any atom is 0.230 e. The van der Waals surface area contributed by atoms with E-state index in [0.717, 1.165) is 29.7 Å². The van der Waals surface area contributed by atoms with Crippen molar-refractivity contribution in [3.8, 4) is 11.5 Å². The van der Waals surface area contributed by atoms with E-state index in [2.05, 4.69) is 10.3 Å². The van der Waals surface area contributed by atoms with Crippen molar-refractivity contribution in [1.29, 1.82) is 0 Å². The van der Waals surface area contributed by atoms with Crippen LogP contribution in [-0.2, 0) is 16.8 Å². The minimum absolute atomic E-state index is 0.0192. The van der Waals surface area contributed by atoms with E-state index in [-0.39, 0.29) is 11.7 Å². The average molecular weight is 336 g/mol. The molecule has 0 spiro atoms. The summed E-state index contributed by atoms with van der Waals surface area (Å²) in [5, 5.41) is 2.97. The Kier molecular flexibility index (Phi) is 3.84. The first-order valence-corrected chi connectivity index (χ1v) is 8.21. The van der Waals surface area contributed by atoms with Crippen molar-refractivity contribution in [2.45, 2.75) is 24.8 Å². The van der Waals surface area contributed by atoms with Gasteiger partial charge in [-0.1, -0.05) is 18.2 Å². The molecule has 2 aromatic heterocycles. The van der Waals surface area contributed by atoms with Crippen molar-refractivity contribution in [3.05, 3.63) is 77.9 Å². The highest BCUT2D eigenvalue weighted by Crippen LogP contribution is 2.48. The SMILES string of the molecule is O=C(NCc1ccc(-c2ccco2)nc1)C1(c2ccc(F)cc2)CC1. The zero-order valence-electron chi connectivity index (χ0n) is 13.5. The number of hydrogen-bond acceptors (Lipinski definition) is 3. The lowest BCUT2D eigenvalue weighted by Crippen LogP contribution is -2.34. The first kappa shape index (κ1) is 15.6. The second kappa shape index (κ2) is 6.16. The molecule has 5 heteroatoms. The molecular formula is C20H17FN2O2. The molecule has 1 aromatic carbocycles. The number of carbonyl (C=O) groups is 1. The second-order valence-corrected chi connectivity index (χ2v) is 6.30. The van der Waals surface area contributed by atoms with E-state index in [1.54, 1.807) is 24.6 Å². The van der Waals surface area contributed by atoms with Crippen molar-refractivity contribution in [1.82, 2.24) is 10.3 Å². The molecule has 1 N–H and O–H groups in total. The number of amides is 1. The van der Waals surface area contributed by atoms with Gasteiger partial charge in [-0.05, 0) is 54.3 Å². The molecule has 4 rings (SSSR count). The van der Waals surface area contributed by atoms with Crippen LogP contribution in [0.25, 0.3) is 11.5 Å². The molecule has 0 atom stereocenters. The number of benzene rings is 1. The highest BCUT2D eigenvalue weighted by molar-refractivity contribution is 5.91. The molecule has 4 nitrogen and oxygen atoms in total. The number of halogens is 1. The molecule has 0 aliphatic heterocycles. The van der Waals surface area contributed by atoms with Gasteiger partial charge in [-0.3, -0.25) is 9.78 Å². The molecule has 0 unspecified atom stereocenters. The lowest BCUT2D eigenvalue weighted by Gasteiger charge is -2.16. The third kappa shape index (κ3) is 3.05. The normalized spacial score (nSPS) is 14.9. The minimum atomic E-state index is -0.505. The number of aromatic nitrogens is 1. The highest BCUT2D eigenvalue weighted by atomic mass is 19.1. The van der Waals surface area contributed by atoms with E-state index in [0.29, 0.717) is 12.3 Å². The van der Waals surface area contributed by atoms with E-state index in [9.17, 15) is 9.18 Å². The maximum absolute atomic E-state index is 13.1. The lowest BCUT2D eigenvalue weighted by molar-refractivity contribution is -0.123. The topological polar surface area (TPSA) is 55.1 Å². The standard InChI is InChI=1S/C20H17FN2O2/c21-16-6-4-15(5-7-16)20(9-10-20)19(24)23-13-14-3-8-17(22-12-14)18-2-1-11-25-18/h1-8,11-12H,9-10,13H2,(H,23,24). The van der Waals surface area contributed by atoms with Gasteiger partial charge in [0.2, 0.25) is 5.91 Å². The number of furan rings is 1. The van der Waals surface area contributed by atoms with Gasteiger partial charge < -0.3 is 9.73 Å². The maximum atomic E-state index is 13.1. The highest BCUT2D eigenvalue weighted by Gasteiger charge is 2.51. The number of nitrogens with zero attached hydrogens (tertiary/aromatic N) is 1. The predicted molar refractivity (Wildman–Crippen MR) is 91.1 cm³/mol. The molecular weight excluding hydrogens is 319 g/mol. The summed E-state index contributed by atoms with van der Waals surface area (Å²) in [5.74, 6) is 0.403. The summed E-state index contributed by atoms with van der Waals surface area (Å²) in [7, 11) is 0. The van der Waals surface area contributed by atoms with Gasteiger partial charge in [0, 0.05) is 12.7 Å². The van der Waals surface area contributed by atoms with Gasteiger partial charge in [-0.15, -0.1) is 0 Å². The summed E-state index contributed by atoms with van der Waals surface area (Å²) >= 11 is 0. The van der Waals surface area contributed by atoms with Crippen LogP contribution in [0.2, 0.25) is 0 Å². The summed E-state index contributed by atoms with van der Waals surface area (Å²) in [6.45, 7) is 0.410. The molecule has 25 heavy (non-hydrogen) atoms. The Hall–Kier alpha value is -2.95. The molecule has 1 aliphatic carbocycles. The van der Waals surface area contributed by atoms with E-state index in [1.165, 1.54) is 12.1 Å². The summed E-state index contributed by atoms with van der Waals surface area (Å²) in [5.41, 5.74) is 2.04. The van der Waals surface area contributed by atoms with Gasteiger partial charge in [0.1, 0.15) is 11.5 Å². The molecule has 3 aromatic rings. The van der Waals surface area contributed by atoms with Gasteiger partial charge in [0.25, 0.3) is 0 Å². The van der Waals surface area contributed by atoms with Crippen LogP contribution in [0.15, 0.2) is 65.4 Å². The van der Waals surface area contributed by atoms with E-state index in [4.69, 9.17) is 4.42 Å². The summed E-state index contributed by atoms with van der Waals surface area (Å²) < 4.78 is 18.4. The van der Waals surface area contributed by atoms with Crippen LogP contribution in [0.5, 0.6) is 0 Å². The molecule has 1 saturated carbocycles. The number of nitrogens with one attached hydrogen (secondary N) is 1. The number of hydrogen-bond donors (Lipinski definition) is 1. The van der Waals surface area contributed by atoms with Crippen LogP contribution in [0, 0.1) is 5.82 Å². The lowest BCUT2D eigenvalue weighted by atomic mass is 9.95. The predicted octanol–water partition coefficient (Wildman–Crippen LogP) is 3.83. The van der Waals surface area contributed by atoms with Gasteiger partial charge in [0.05, 0.1) is 11.7 Å². The van der Waals surface area contributed by atoms with Crippen LogP contribution >= 0.6 is 0 Å². The van der Waals surface area contributed by atoms with Crippen molar-refractivity contribution < 1.29 is 13.6 Å². The summed E-state index contributed by atoms with van der Waals surface area (Å²) in [6, 6.07) is 13.7. The van der Waals surface area contributed by atoms with Crippen LogP contribution in [0.3, 0.4) is 0 Å². The zero-order valence-corrected chi connectivity index (χ0v) is 13.5. The fraction of sp³-hybridized carbons (Fsp3) is 0.200. The third-order valence-electron chi connectivity index (χ3n) is 4.63. The van der Waals surface area contributed by atoms with Crippen molar-refractivity contribution in [3.63, 3.8) is 0 Å². The molecule has 126 valence electrons. The average Bonchev–Trinajstić information content (AvgIpc) is 3.27. The smallest absolute Gasteiger partial charge is 0.230 e. The molecule has 2 heterocycles. The monoisotopic (exact) mass is 336 g/mol. The minimum Gasteiger partial charge on any atom is -0.463 e. The van der Waals surface area contributed by atoms with Crippen LogP contribution in [-0.4, -0.2) is 10.9 Å². The molecule has 1 amide bonds. The Morgan fingerprint density at radius 2 is 1.96 bits per heavy atom. The van der Waals surface area contributed by atoms with Crippen molar-refractivity contribution in [2.24, 2.45) is 0 Å². The molecule has 0 radical (unpaired) electrons. The largest absolute Gasteiger partial charge is 0.463 e. The van der Waals surface area contributed by atoms with Crippen molar-refractivity contribution in [2.75, 3.05) is 0 Å². The Labute approximate surface area is 144 Å². The van der Waals surface area contributed by atoms with E-state index >= 15 is 0 Å². The Balaban J connectivity index is 1.41. The second-order valence-electron chi connectivity index (χ2n) is 6.30. The van der Waals surface area contributed by atoms with Crippen LogP contribution in [0.4, 0.5) is 4.39 Å². The Morgan fingerprint density at radius 1 is 1.16 bits per heavy atom. The summed E-state index contributed by atoms with van der Waals surface area (Å²) in [6.07, 6.45) is 4.92. The molecule has 1 fully saturated rings. The Bertz CT molecular complexity index is 867. The summed E-state index contributed by atoms with van der Waals surface area (Å²) in [4.78, 5) is 17.0. The van der Waals surface area contributed by atoms with Gasteiger partial charge >= 0.3 is 0 Å². The number of pyridine rings is 1. The van der Waals surface area contributed by atoms with Gasteiger partial charge in [-0.2, -0.15) is 0 Å². The first-order chi connectivity index (χ1) is 12.2. The Morgan fingerprint density at radius 3 is 2.56 bits per heavy atom. The van der Waals surface area contributed by atoms with Crippen LogP contribution < -0.4 is 5.32 Å². The quantitative estimate of drug-likeness (QED) is 0.770. The molecule has 0 saturated heterocycles. The fourth-order valence-corrected chi connectivity index (χ4v) is 2.99. The fourth-order valence-electron chi connectivity index (χ4n) is 2.99. The number of rotatable bonds is 5. The van der Waals surface area contributed by atoms with Gasteiger partial charge in [0.15, 0.2) is 5.76 Å². The van der Waals surface area contributed by atoms with E-state index < -0.39 is 5.41 Å².